The Morgan fingerprint density at radius 3 is 2.81 bits per heavy atom. The first-order valence-electron chi connectivity index (χ1n) is 8.40. The van der Waals surface area contributed by atoms with Gasteiger partial charge in [0.1, 0.15) is 0 Å². The lowest BCUT2D eigenvalue weighted by Gasteiger charge is -2.29. The van der Waals surface area contributed by atoms with E-state index in [0.717, 1.165) is 25.7 Å². The summed E-state index contributed by atoms with van der Waals surface area (Å²) >= 11 is 0. The minimum atomic E-state index is -0.746. The molecule has 26 heavy (non-hydrogen) atoms. The number of primary amides is 1. The number of carbonyl (C=O) groups is 1. The Morgan fingerprint density at radius 1 is 1.27 bits per heavy atom. The summed E-state index contributed by atoms with van der Waals surface area (Å²) < 4.78 is 0. The first kappa shape index (κ1) is 17.6. The lowest BCUT2D eigenvalue weighted by molar-refractivity contribution is 0.0995. The molecule has 1 aromatic carbocycles. The van der Waals surface area contributed by atoms with Crippen LogP contribution < -0.4 is 22.1 Å². The highest BCUT2D eigenvalue weighted by Gasteiger charge is 2.23. The fourth-order valence-electron chi connectivity index (χ4n) is 2.95. The van der Waals surface area contributed by atoms with Crippen molar-refractivity contribution in [3.63, 3.8) is 0 Å². The molecule has 0 spiro atoms. The van der Waals surface area contributed by atoms with Crippen LogP contribution in [0.15, 0.2) is 24.3 Å². The summed E-state index contributed by atoms with van der Waals surface area (Å²) in [7, 11) is 0. The molecular weight excluding hydrogens is 332 g/mol. The fourth-order valence-corrected chi connectivity index (χ4v) is 2.95. The Hall–Kier alpha value is -3.25. The summed E-state index contributed by atoms with van der Waals surface area (Å²) in [5.41, 5.74) is 12.5. The number of hydrogen-bond donors (Lipinski definition) is 4. The third kappa shape index (κ3) is 4.04. The quantitative estimate of drug-likeness (QED) is 0.626. The smallest absolute Gasteiger partial charge is 0.273 e. The molecule has 1 aliphatic rings. The fraction of sp³-hybridized carbons (Fsp3) is 0.353. The van der Waals surface area contributed by atoms with Crippen LogP contribution in [0, 0.1) is 11.3 Å². The van der Waals surface area contributed by atoms with Crippen LogP contribution in [-0.2, 0) is 0 Å². The molecule has 0 saturated heterocycles. The minimum absolute atomic E-state index is 0.0203. The van der Waals surface area contributed by atoms with Gasteiger partial charge in [0.2, 0.25) is 5.95 Å². The maximum Gasteiger partial charge on any atom is 0.273 e. The van der Waals surface area contributed by atoms with Crippen LogP contribution in [-0.4, -0.2) is 33.2 Å². The number of nitriles is 1. The van der Waals surface area contributed by atoms with Gasteiger partial charge in [-0.1, -0.05) is 18.9 Å². The number of benzene rings is 1. The van der Waals surface area contributed by atoms with Gasteiger partial charge in [-0.2, -0.15) is 10.2 Å². The lowest BCUT2D eigenvalue weighted by Crippen LogP contribution is -2.43. The van der Waals surface area contributed by atoms with E-state index in [1.807, 2.05) is 0 Å². The number of nitrogens with two attached hydrogens (primary N) is 2. The van der Waals surface area contributed by atoms with Gasteiger partial charge in [-0.25, -0.2) is 0 Å². The predicted molar refractivity (Wildman–Crippen MR) is 96.6 cm³/mol. The summed E-state index contributed by atoms with van der Waals surface area (Å²) in [6.07, 6.45) is 4.07. The van der Waals surface area contributed by atoms with E-state index in [2.05, 4.69) is 31.9 Å². The zero-order chi connectivity index (χ0) is 18.5. The van der Waals surface area contributed by atoms with Crippen molar-refractivity contribution in [2.24, 2.45) is 11.5 Å². The molecule has 0 bridgehead atoms. The molecule has 3 rings (SSSR count). The van der Waals surface area contributed by atoms with E-state index in [1.54, 1.807) is 24.3 Å². The van der Waals surface area contributed by atoms with E-state index in [9.17, 15) is 4.79 Å². The van der Waals surface area contributed by atoms with Crippen molar-refractivity contribution in [1.82, 2.24) is 15.2 Å². The number of amides is 1. The Bertz CT molecular complexity index is 847. The highest BCUT2D eigenvalue weighted by atomic mass is 16.1. The third-order valence-corrected chi connectivity index (χ3v) is 4.31. The summed E-state index contributed by atoms with van der Waals surface area (Å²) in [4.78, 5) is 16.0. The second kappa shape index (κ2) is 7.76. The van der Waals surface area contributed by atoms with E-state index in [-0.39, 0.29) is 29.5 Å². The van der Waals surface area contributed by atoms with E-state index >= 15 is 0 Å². The number of nitrogens with zero attached hydrogens (tertiary/aromatic N) is 4. The molecule has 6 N–H and O–H groups in total. The van der Waals surface area contributed by atoms with E-state index in [1.165, 1.54) is 0 Å². The average molecular weight is 352 g/mol. The summed E-state index contributed by atoms with van der Waals surface area (Å²) in [5.74, 6) is -0.296. The largest absolute Gasteiger partial charge is 0.364 e. The minimum Gasteiger partial charge on any atom is -0.364 e. The van der Waals surface area contributed by atoms with Crippen LogP contribution in [0.1, 0.15) is 41.7 Å². The molecule has 1 amide bonds. The van der Waals surface area contributed by atoms with Crippen LogP contribution in [0.25, 0.3) is 0 Å². The van der Waals surface area contributed by atoms with Gasteiger partial charge in [-0.05, 0) is 31.0 Å². The number of rotatable bonds is 5. The molecule has 1 saturated carbocycles. The molecule has 2 aromatic rings. The first-order valence-corrected chi connectivity index (χ1v) is 8.40. The van der Waals surface area contributed by atoms with Crippen molar-refractivity contribution in [2.75, 3.05) is 10.6 Å². The number of anilines is 3. The second-order valence-electron chi connectivity index (χ2n) is 6.21. The van der Waals surface area contributed by atoms with E-state index in [4.69, 9.17) is 16.7 Å². The van der Waals surface area contributed by atoms with Crippen LogP contribution in [0.3, 0.4) is 0 Å². The Morgan fingerprint density at radius 2 is 2.08 bits per heavy atom. The molecule has 0 unspecified atom stereocenters. The van der Waals surface area contributed by atoms with Gasteiger partial charge < -0.3 is 22.1 Å². The maximum atomic E-state index is 11.6. The van der Waals surface area contributed by atoms with Crippen LogP contribution in [0.4, 0.5) is 17.5 Å². The summed E-state index contributed by atoms with van der Waals surface area (Å²) in [5, 5.41) is 23.0. The molecule has 1 aromatic heterocycles. The summed E-state index contributed by atoms with van der Waals surface area (Å²) in [6.45, 7) is 0. The Labute approximate surface area is 150 Å². The lowest BCUT2D eigenvalue weighted by atomic mass is 9.91. The predicted octanol–water partition coefficient (Wildman–Crippen LogP) is 1.27. The molecule has 1 heterocycles. The Balaban J connectivity index is 1.86. The maximum absolute atomic E-state index is 11.6. The Kier molecular flexibility index (Phi) is 5.24. The number of nitrogens with one attached hydrogen (secondary N) is 2. The molecule has 134 valence electrons. The van der Waals surface area contributed by atoms with Crippen LogP contribution in [0.5, 0.6) is 0 Å². The zero-order valence-corrected chi connectivity index (χ0v) is 14.1. The van der Waals surface area contributed by atoms with Gasteiger partial charge in [0, 0.05) is 17.8 Å². The molecule has 9 heteroatoms. The van der Waals surface area contributed by atoms with Crippen molar-refractivity contribution in [3.8, 4) is 6.07 Å². The van der Waals surface area contributed by atoms with Crippen LogP contribution >= 0.6 is 0 Å². The highest BCUT2D eigenvalue weighted by Crippen LogP contribution is 2.22. The van der Waals surface area contributed by atoms with E-state index < -0.39 is 5.91 Å². The van der Waals surface area contributed by atoms with Gasteiger partial charge in [-0.15, -0.1) is 10.2 Å². The van der Waals surface area contributed by atoms with Gasteiger partial charge in [0.15, 0.2) is 11.5 Å². The number of hydrogen-bond acceptors (Lipinski definition) is 8. The molecule has 9 nitrogen and oxygen atoms in total. The van der Waals surface area contributed by atoms with Gasteiger partial charge >= 0.3 is 0 Å². The average Bonchev–Trinajstić information content (AvgIpc) is 2.64. The SMILES string of the molecule is N#Cc1cccc(Nc2nc(N[C@@H]3CCCC[C@@H]3N)nnc2C(N)=O)c1. The van der Waals surface area contributed by atoms with Gasteiger partial charge in [0.25, 0.3) is 5.91 Å². The molecule has 0 aliphatic heterocycles. The topological polar surface area (TPSA) is 156 Å². The second-order valence-corrected chi connectivity index (χ2v) is 6.21. The monoisotopic (exact) mass is 352 g/mol. The van der Waals surface area contributed by atoms with Crippen molar-refractivity contribution in [3.05, 3.63) is 35.5 Å². The first-order chi connectivity index (χ1) is 12.6. The van der Waals surface area contributed by atoms with Crippen LogP contribution in [0.2, 0.25) is 0 Å². The highest BCUT2D eigenvalue weighted by molar-refractivity contribution is 5.96. The number of carbonyl (C=O) groups excluding carboxylic acids is 1. The van der Waals surface area contributed by atoms with Gasteiger partial charge in [0.05, 0.1) is 11.6 Å². The molecule has 0 radical (unpaired) electrons. The normalized spacial score (nSPS) is 19.4. The van der Waals surface area contributed by atoms with Gasteiger partial charge in [-0.3, -0.25) is 4.79 Å². The molecule has 1 aliphatic carbocycles. The van der Waals surface area contributed by atoms with Crippen molar-refractivity contribution in [2.45, 2.75) is 37.8 Å². The summed E-state index contributed by atoms with van der Waals surface area (Å²) in [6, 6.07) is 8.91. The standard InChI is InChI=1S/C17H20N8O/c18-9-10-4-3-5-11(8-10)21-16-14(15(20)26)24-25-17(23-16)22-13-7-2-1-6-12(13)19/h3-5,8,12-13H,1-2,6-7,19H2,(H2,20,26)(H2,21,22,23,25)/t12-,13+/m0/s1. The molecule has 1 fully saturated rings. The van der Waals surface area contributed by atoms with Crippen molar-refractivity contribution in [1.29, 1.82) is 5.26 Å². The third-order valence-electron chi connectivity index (χ3n) is 4.31. The van der Waals surface area contributed by atoms with Crippen molar-refractivity contribution < 1.29 is 4.79 Å². The molecule has 2 atom stereocenters. The molecular formula is C17H20N8O. The van der Waals surface area contributed by atoms with E-state index in [0.29, 0.717) is 11.3 Å². The zero-order valence-electron chi connectivity index (χ0n) is 14.1. The number of aromatic nitrogens is 3. The van der Waals surface area contributed by atoms with Crippen molar-refractivity contribution >= 4 is 23.4 Å².